The van der Waals surface area contributed by atoms with E-state index in [1.54, 1.807) is 27.2 Å². The van der Waals surface area contributed by atoms with E-state index in [0.717, 1.165) is 58.3 Å². The summed E-state index contributed by atoms with van der Waals surface area (Å²) in [5, 5.41) is 14.3. The molecule has 5 rings (SSSR count). The number of hydrogen-bond donors (Lipinski definition) is 2. The van der Waals surface area contributed by atoms with Crippen LogP contribution in [0.5, 0.6) is 11.5 Å². The maximum Gasteiger partial charge on any atom is 0.326 e. The van der Waals surface area contributed by atoms with E-state index < -0.39 is 23.7 Å². The Morgan fingerprint density at radius 3 is 2.38 bits per heavy atom. The van der Waals surface area contributed by atoms with Crippen molar-refractivity contribution < 1.29 is 28.6 Å². The second kappa shape index (κ2) is 13.3. The minimum atomic E-state index is -1.27. The molecule has 0 unspecified atom stereocenters. The lowest BCUT2D eigenvalue weighted by molar-refractivity contribution is -0.139. The van der Waals surface area contributed by atoms with E-state index in [2.05, 4.69) is 30.1 Å². The van der Waals surface area contributed by atoms with Crippen LogP contribution in [0.1, 0.15) is 60.2 Å². The number of aliphatic carboxylic acids is 1. The van der Waals surface area contributed by atoms with Gasteiger partial charge in [0, 0.05) is 24.1 Å². The molecule has 236 valence electrons. The molecule has 1 aliphatic rings. The highest BCUT2D eigenvalue weighted by Crippen LogP contribution is 2.45. The van der Waals surface area contributed by atoms with Crippen molar-refractivity contribution in [1.29, 1.82) is 0 Å². The van der Waals surface area contributed by atoms with Crippen LogP contribution in [0.2, 0.25) is 0 Å². The van der Waals surface area contributed by atoms with E-state index in [4.69, 9.17) is 9.47 Å². The summed E-state index contributed by atoms with van der Waals surface area (Å²) in [5.74, 6) is -1.25. The highest BCUT2D eigenvalue weighted by atomic mass is 19.1. The average Bonchev–Trinajstić information content (AvgIpc) is 3.01. The highest BCUT2D eigenvalue weighted by Gasteiger charge is 2.31. The molecule has 1 aliphatic heterocycles. The van der Waals surface area contributed by atoms with E-state index >= 15 is 0 Å². The highest BCUT2D eigenvalue weighted by molar-refractivity contribution is 6.02. The van der Waals surface area contributed by atoms with Gasteiger partial charge in [0.05, 0.1) is 25.3 Å². The van der Waals surface area contributed by atoms with Gasteiger partial charge in [0.25, 0.3) is 5.91 Å². The third kappa shape index (κ3) is 6.52. The van der Waals surface area contributed by atoms with Crippen LogP contribution in [0.4, 0.5) is 4.39 Å². The molecule has 0 saturated carbocycles. The quantitative estimate of drug-likeness (QED) is 0.198. The Bertz CT molecular complexity index is 1710. The van der Waals surface area contributed by atoms with Crippen molar-refractivity contribution in [2.75, 3.05) is 20.8 Å². The smallest absolute Gasteiger partial charge is 0.326 e. The van der Waals surface area contributed by atoms with E-state index in [0.29, 0.717) is 11.3 Å². The summed E-state index contributed by atoms with van der Waals surface area (Å²) in [6, 6.07) is 18.7. The molecule has 4 aromatic rings. The predicted octanol–water partition coefficient (Wildman–Crippen LogP) is 7.16. The first-order chi connectivity index (χ1) is 21.6. The van der Waals surface area contributed by atoms with Gasteiger partial charge in [-0.2, -0.15) is 0 Å². The van der Waals surface area contributed by atoms with Gasteiger partial charge in [0.15, 0.2) is 0 Å². The minimum Gasteiger partial charge on any atom is -0.496 e. The fourth-order valence-electron chi connectivity index (χ4n) is 6.55. The summed E-state index contributed by atoms with van der Waals surface area (Å²) in [5.41, 5.74) is 3.87. The molecule has 8 heteroatoms. The molecule has 1 amide bonds. The number of rotatable bonds is 10. The number of fused-ring (bicyclic) bond motifs is 1. The largest absolute Gasteiger partial charge is 0.496 e. The number of nitrogens with zero attached hydrogens (tertiary/aromatic N) is 1. The lowest BCUT2D eigenvalue weighted by atomic mass is 9.89. The number of ether oxygens (including phenoxy) is 2. The van der Waals surface area contributed by atoms with Gasteiger partial charge >= 0.3 is 5.97 Å². The van der Waals surface area contributed by atoms with Gasteiger partial charge in [-0.3, -0.25) is 9.69 Å². The molecule has 45 heavy (non-hydrogen) atoms. The average molecular weight is 613 g/mol. The topological polar surface area (TPSA) is 88.1 Å². The third-order valence-electron chi connectivity index (χ3n) is 9.07. The Labute approximate surface area is 264 Å². The van der Waals surface area contributed by atoms with Crippen LogP contribution in [0.3, 0.4) is 0 Å². The summed E-state index contributed by atoms with van der Waals surface area (Å²) in [4.78, 5) is 27.8. The number of aryl methyl sites for hydroxylation is 1. The van der Waals surface area contributed by atoms with E-state index in [9.17, 15) is 19.1 Å². The number of carboxylic acids is 1. The van der Waals surface area contributed by atoms with Crippen LogP contribution in [-0.4, -0.2) is 54.2 Å². The maximum atomic E-state index is 14.5. The van der Waals surface area contributed by atoms with Crippen molar-refractivity contribution in [3.63, 3.8) is 0 Å². The number of carbonyl (C=O) groups is 2. The first-order valence-corrected chi connectivity index (χ1v) is 15.3. The summed E-state index contributed by atoms with van der Waals surface area (Å²) in [7, 11) is 3.32. The number of halogens is 1. The molecule has 4 aromatic carbocycles. The molecule has 0 bridgehead atoms. The Morgan fingerprint density at radius 2 is 1.69 bits per heavy atom. The predicted molar refractivity (Wildman–Crippen MR) is 175 cm³/mol. The standard InChI is InChI=1S/C37H41FN2O5/c1-23-11-8-16-29(38)32(23)35(41)39-30(36(42)43)21-24-12-9-14-27-26(24)13-10-15-28(27)33-31(44-4)18-17-25(34(33)45-5)22-40-20-7-6-19-37(40,2)3/h8-18,30H,6-7,19-22H2,1-5H3,(H,39,41)(H,42,43)/t30-/m0/s1. The molecule has 1 heterocycles. The van der Waals surface area contributed by atoms with Crippen LogP contribution in [0, 0.1) is 12.7 Å². The molecule has 2 N–H and O–H groups in total. The van der Waals surface area contributed by atoms with Gasteiger partial charge in [0.1, 0.15) is 23.4 Å². The molecule has 1 fully saturated rings. The second-order valence-corrected chi connectivity index (χ2v) is 12.3. The number of carboxylic acid groups (broad SMARTS) is 1. The number of amides is 1. The molecule has 0 spiro atoms. The van der Waals surface area contributed by atoms with Gasteiger partial charge in [-0.05, 0) is 79.8 Å². The molecular weight excluding hydrogens is 571 g/mol. The zero-order chi connectivity index (χ0) is 32.3. The first-order valence-electron chi connectivity index (χ1n) is 15.3. The SMILES string of the molecule is COc1ccc(CN2CCCCC2(C)C)c(OC)c1-c1cccc2c(C[C@H](NC(=O)c3c(C)cccc3F)C(=O)O)cccc12. The summed E-state index contributed by atoms with van der Waals surface area (Å²) < 4.78 is 26.4. The van der Waals surface area contributed by atoms with Gasteiger partial charge in [-0.1, -0.05) is 61.0 Å². The second-order valence-electron chi connectivity index (χ2n) is 12.3. The summed E-state index contributed by atoms with van der Waals surface area (Å²) in [6.45, 7) is 7.96. The van der Waals surface area contributed by atoms with Gasteiger partial charge in [0.2, 0.25) is 0 Å². The maximum absolute atomic E-state index is 14.5. The van der Waals surface area contributed by atoms with Gasteiger partial charge in [-0.25, -0.2) is 9.18 Å². The molecule has 1 saturated heterocycles. The van der Waals surface area contributed by atoms with Crippen LogP contribution in [-0.2, 0) is 17.8 Å². The molecular formula is C37H41FN2O5. The van der Waals surface area contributed by atoms with E-state index in [1.807, 2.05) is 42.5 Å². The monoisotopic (exact) mass is 612 g/mol. The zero-order valence-corrected chi connectivity index (χ0v) is 26.6. The van der Waals surface area contributed by atoms with Crippen molar-refractivity contribution in [2.45, 2.75) is 64.6 Å². The molecule has 0 aliphatic carbocycles. The van der Waals surface area contributed by atoms with E-state index in [-0.39, 0.29) is 17.5 Å². The first kappa shape index (κ1) is 32.0. The molecule has 7 nitrogen and oxygen atoms in total. The number of methoxy groups -OCH3 is 2. The number of piperidine rings is 1. The number of nitrogens with one attached hydrogen (secondary N) is 1. The normalized spacial score (nSPS) is 15.4. The fourth-order valence-corrected chi connectivity index (χ4v) is 6.55. The zero-order valence-electron chi connectivity index (χ0n) is 26.6. The van der Waals surface area contributed by atoms with Crippen molar-refractivity contribution >= 4 is 22.6 Å². The van der Waals surface area contributed by atoms with Gasteiger partial charge < -0.3 is 19.9 Å². The Hall–Kier alpha value is -4.43. The number of carbonyl (C=O) groups excluding carboxylic acids is 1. The number of hydrogen-bond acceptors (Lipinski definition) is 5. The Balaban J connectivity index is 1.54. The summed E-state index contributed by atoms with van der Waals surface area (Å²) in [6.07, 6.45) is 3.54. The Kier molecular flexibility index (Phi) is 9.44. The van der Waals surface area contributed by atoms with Crippen molar-refractivity contribution in [1.82, 2.24) is 10.2 Å². The fraction of sp³-hybridized carbons (Fsp3) is 0.351. The third-order valence-corrected chi connectivity index (χ3v) is 9.07. The lowest BCUT2D eigenvalue weighted by Gasteiger charge is -2.42. The van der Waals surface area contributed by atoms with Crippen molar-refractivity contribution in [3.8, 4) is 22.6 Å². The minimum absolute atomic E-state index is 0.00766. The van der Waals surface area contributed by atoms with Crippen molar-refractivity contribution in [3.05, 3.63) is 94.8 Å². The Morgan fingerprint density at radius 1 is 0.956 bits per heavy atom. The molecule has 1 atom stereocenters. The number of likely N-dealkylation sites (tertiary alicyclic amines) is 1. The lowest BCUT2D eigenvalue weighted by Crippen LogP contribution is -2.46. The van der Waals surface area contributed by atoms with E-state index in [1.165, 1.54) is 25.0 Å². The van der Waals surface area contributed by atoms with Crippen LogP contribution < -0.4 is 14.8 Å². The van der Waals surface area contributed by atoms with Crippen LogP contribution in [0.25, 0.3) is 21.9 Å². The van der Waals surface area contributed by atoms with Crippen LogP contribution >= 0.6 is 0 Å². The summed E-state index contributed by atoms with van der Waals surface area (Å²) >= 11 is 0. The molecule has 0 aromatic heterocycles. The van der Waals surface area contributed by atoms with Crippen molar-refractivity contribution in [2.24, 2.45) is 0 Å². The van der Waals surface area contributed by atoms with Gasteiger partial charge in [-0.15, -0.1) is 0 Å². The number of benzene rings is 4. The van der Waals surface area contributed by atoms with Crippen LogP contribution in [0.15, 0.2) is 66.7 Å². The molecule has 0 radical (unpaired) electrons.